The molecular weight excluding hydrogens is 188 g/mol. The molecule has 0 saturated carbocycles. The highest BCUT2D eigenvalue weighted by Gasteiger charge is 2.22. The van der Waals surface area contributed by atoms with Crippen LogP contribution in [-0.4, -0.2) is 37.0 Å². The molecule has 1 aliphatic heterocycles. The van der Waals surface area contributed by atoms with Crippen molar-refractivity contribution in [3.63, 3.8) is 0 Å². The lowest BCUT2D eigenvalue weighted by molar-refractivity contribution is -0.133. The maximum atomic E-state index is 11.9. The van der Waals surface area contributed by atoms with Crippen LogP contribution in [0.3, 0.4) is 0 Å². The van der Waals surface area contributed by atoms with Crippen LogP contribution in [0, 0.1) is 5.92 Å². The minimum atomic E-state index is 0.337. The third-order valence-electron chi connectivity index (χ3n) is 3.40. The molecule has 2 unspecified atom stereocenters. The summed E-state index contributed by atoms with van der Waals surface area (Å²) in [6, 6.07) is 0.500. The number of likely N-dealkylation sites (tertiary alicyclic amines) is 1. The molecule has 0 aromatic carbocycles. The molecule has 3 heteroatoms. The maximum Gasteiger partial charge on any atom is 0.222 e. The van der Waals surface area contributed by atoms with E-state index in [1.165, 1.54) is 6.42 Å². The molecule has 1 amide bonds. The van der Waals surface area contributed by atoms with Crippen molar-refractivity contribution in [1.82, 2.24) is 10.2 Å². The molecule has 1 rings (SSSR count). The first-order valence-corrected chi connectivity index (χ1v) is 6.12. The third kappa shape index (κ3) is 3.82. The maximum absolute atomic E-state index is 11.9. The van der Waals surface area contributed by atoms with Crippen LogP contribution >= 0.6 is 0 Å². The molecule has 0 aromatic rings. The first-order chi connectivity index (χ1) is 7.17. The fraction of sp³-hybridized carbons (Fsp3) is 0.917. The second-order valence-corrected chi connectivity index (χ2v) is 4.69. The largest absolute Gasteiger partial charge is 0.341 e. The highest BCUT2D eigenvalue weighted by atomic mass is 16.2. The number of piperidine rings is 1. The Morgan fingerprint density at radius 3 is 2.93 bits per heavy atom. The van der Waals surface area contributed by atoms with Crippen molar-refractivity contribution in [1.29, 1.82) is 0 Å². The standard InChI is InChI=1S/C12H24N2O/c1-4-10(2)8-12(15)14-7-5-6-11(9-14)13-3/h10-11,13H,4-9H2,1-3H3. The van der Waals surface area contributed by atoms with E-state index in [1.807, 2.05) is 11.9 Å². The Kier molecular flexibility index (Phi) is 5.09. The van der Waals surface area contributed by atoms with Gasteiger partial charge < -0.3 is 10.2 Å². The van der Waals surface area contributed by atoms with Gasteiger partial charge in [-0.3, -0.25) is 4.79 Å². The second-order valence-electron chi connectivity index (χ2n) is 4.69. The van der Waals surface area contributed by atoms with Crippen molar-refractivity contribution in [2.24, 2.45) is 5.92 Å². The quantitative estimate of drug-likeness (QED) is 0.768. The molecule has 3 nitrogen and oxygen atoms in total. The van der Waals surface area contributed by atoms with Gasteiger partial charge in [-0.25, -0.2) is 0 Å². The number of amides is 1. The third-order valence-corrected chi connectivity index (χ3v) is 3.40. The molecule has 2 atom stereocenters. The van der Waals surface area contributed by atoms with Crippen molar-refractivity contribution < 1.29 is 4.79 Å². The topological polar surface area (TPSA) is 32.3 Å². The molecule has 0 bridgehead atoms. The smallest absolute Gasteiger partial charge is 0.222 e. The molecule has 0 radical (unpaired) electrons. The second kappa shape index (κ2) is 6.11. The molecule has 1 saturated heterocycles. The average molecular weight is 212 g/mol. The first kappa shape index (κ1) is 12.5. The SMILES string of the molecule is CCC(C)CC(=O)N1CCCC(NC)C1. The van der Waals surface area contributed by atoms with E-state index in [2.05, 4.69) is 19.2 Å². The van der Waals surface area contributed by atoms with Crippen molar-refractivity contribution in [2.75, 3.05) is 20.1 Å². The van der Waals surface area contributed by atoms with Gasteiger partial charge >= 0.3 is 0 Å². The van der Waals surface area contributed by atoms with Gasteiger partial charge in [-0.2, -0.15) is 0 Å². The van der Waals surface area contributed by atoms with Crippen molar-refractivity contribution in [2.45, 2.75) is 45.6 Å². The van der Waals surface area contributed by atoms with Crippen LogP contribution in [0.25, 0.3) is 0 Å². The zero-order valence-electron chi connectivity index (χ0n) is 10.3. The van der Waals surface area contributed by atoms with Gasteiger partial charge in [0, 0.05) is 25.6 Å². The monoisotopic (exact) mass is 212 g/mol. The Bertz CT molecular complexity index is 206. The van der Waals surface area contributed by atoms with E-state index in [1.54, 1.807) is 0 Å². The number of hydrogen-bond acceptors (Lipinski definition) is 2. The molecular formula is C12H24N2O. The molecule has 1 heterocycles. The van der Waals surface area contributed by atoms with Crippen LogP contribution in [0.5, 0.6) is 0 Å². The van der Waals surface area contributed by atoms with E-state index in [0.29, 0.717) is 24.3 Å². The van der Waals surface area contributed by atoms with Gasteiger partial charge in [-0.05, 0) is 25.8 Å². The summed E-state index contributed by atoms with van der Waals surface area (Å²) >= 11 is 0. The Balaban J connectivity index is 2.38. The average Bonchev–Trinajstić information content (AvgIpc) is 2.28. The molecule has 0 aliphatic carbocycles. The molecule has 1 fully saturated rings. The number of carbonyl (C=O) groups excluding carboxylic acids is 1. The van der Waals surface area contributed by atoms with Gasteiger partial charge in [-0.1, -0.05) is 20.3 Å². The van der Waals surface area contributed by atoms with E-state index in [0.717, 1.165) is 25.9 Å². The Hall–Kier alpha value is -0.570. The lowest BCUT2D eigenvalue weighted by atomic mass is 10.0. The summed E-state index contributed by atoms with van der Waals surface area (Å²) in [7, 11) is 1.98. The van der Waals surface area contributed by atoms with Crippen molar-refractivity contribution >= 4 is 5.91 Å². The van der Waals surface area contributed by atoms with E-state index in [9.17, 15) is 4.79 Å². The summed E-state index contributed by atoms with van der Waals surface area (Å²) in [5, 5.41) is 3.26. The van der Waals surface area contributed by atoms with Gasteiger partial charge in [0.2, 0.25) is 5.91 Å². The summed E-state index contributed by atoms with van der Waals surface area (Å²) in [6.07, 6.45) is 4.14. The lowest BCUT2D eigenvalue weighted by Gasteiger charge is -2.33. The highest BCUT2D eigenvalue weighted by Crippen LogP contribution is 2.14. The molecule has 1 N–H and O–H groups in total. The molecule has 1 aliphatic rings. The minimum absolute atomic E-state index is 0.337. The van der Waals surface area contributed by atoms with Crippen LogP contribution in [-0.2, 0) is 4.79 Å². The Morgan fingerprint density at radius 2 is 2.33 bits per heavy atom. The zero-order valence-corrected chi connectivity index (χ0v) is 10.3. The summed E-state index contributed by atoms with van der Waals surface area (Å²) in [5.74, 6) is 0.858. The minimum Gasteiger partial charge on any atom is -0.341 e. The normalized spacial score (nSPS) is 23.9. The molecule has 88 valence electrons. The first-order valence-electron chi connectivity index (χ1n) is 6.12. The predicted molar refractivity (Wildman–Crippen MR) is 62.7 cm³/mol. The summed E-state index contributed by atoms with van der Waals surface area (Å²) in [5.41, 5.74) is 0. The summed E-state index contributed by atoms with van der Waals surface area (Å²) in [4.78, 5) is 14.0. The van der Waals surface area contributed by atoms with E-state index < -0.39 is 0 Å². The van der Waals surface area contributed by atoms with E-state index >= 15 is 0 Å². The van der Waals surface area contributed by atoms with Crippen LogP contribution < -0.4 is 5.32 Å². The Morgan fingerprint density at radius 1 is 1.60 bits per heavy atom. The van der Waals surface area contributed by atoms with Crippen LogP contribution in [0.1, 0.15) is 39.5 Å². The highest BCUT2D eigenvalue weighted by molar-refractivity contribution is 5.76. The van der Waals surface area contributed by atoms with Gasteiger partial charge in [0.15, 0.2) is 0 Å². The number of nitrogens with one attached hydrogen (secondary N) is 1. The number of rotatable bonds is 4. The number of nitrogens with zero attached hydrogens (tertiary/aromatic N) is 1. The number of hydrogen-bond donors (Lipinski definition) is 1. The summed E-state index contributed by atoms with van der Waals surface area (Å²) in [6.45, 7) is 6.14. The predicted octanol–water partition coefficient (Wildman–Crippen LogP) is 1.63. The van der Waals surface area contributed by atoms with Gasteiger partial charge in [0.1, 0.15) is 0 Å². The fourth-order valence-electron chi connectivity index (χ4n) is 2.01. The lowest BCUT2D eigenvalue weighted by Crippen LogP contribution is -2.47. The molecule has 0 spiro atoms. The van der Waals surface area contributed by atoms with E-state index in [4.69, 9.17) is 0 Å². The Labute approximate surface area is 93.2 Å². The number of carbonyl (C=O) groups is 1. The van der Waals surface area contributed by atoms with Crippen LogP contribution in [0.2, 0.25) is 0 Å². The van der Waals surface area contributed by atoms with Crippen LogP contribution in [0.4, 0.5) is 0 Å². The zero-order chi connectivity index (χ0) is 11.3. The number of likely N-dealkylation sites (N-methyl/N-ethyl adjacent to an activating group) is 1. The van der Waals surface area contributed by atoms with Gasteiger partial charge in [-0.15, -0.1) is 0 Å². The van der Waals surface area contributed by atoms with E-state index in [-0.39, 0.29) is 0 Å². The summed E-state index contributed by atoms with van der Waals surface area (Å²) < 4.78 is 0. The molecule has 15 heavy (non-hydrogen) atoms. The molecule has 0 aromatic heterocycles. The van der Waals surface area contributed by atoms with Crippen molar-refractivity contribution in [3.05, 3.63) is 0 Å². The fourth-order valence-corrected chi connectivity index (χ4v) is 2.01. The van der Waals surface area contributed by atoms with Gasteiger partial charge in [0.05, 0.1) is 0 Å². The van der Waals surface area contributed by atoms with Gasteiger partial charge in [0.25, 0.3) is 0 Å². The van der Waals surface area contributed by atoms with Crippen molar-refractivity contribution in [3.8, 4) is 0 Å². The van der Waals surface area contributed by atoms with Crippen LogP contribution in [0.15, 0.2) is 0 Å².